The predicted molar refractivity (Wildman–Crippen MR) is 62.3 cm³/mol. The zero-order valence-corrected chi connectivity index (χ0v) is 10.8. The molecule has 0 aromatic rings. The van der Waals surface area contributed by atoms with Gasteiger partial charge in [-0.05, 0) is 13.5 Å². The van der Waals surface area contributed by atoms with E-state index in [9.17, 15) is 8.42 Å². The van der Waals surface area contributed by atoms with E-state index in [0.717, 1.165) is 13.0 Å². The summed E-state index contributed by atoms with van der Waals surface area (Å²) >= 11 is 0. The molecule has 1 aliphatic rings. The summed E-state index contributed by atoms with van der Waals surface area (Å²) in [6.07, 6.45) is 0.936. The zero-order valence-electron chi connectivity index (χ0n) is 9.94. The molecule has 1 aliphatic heterocycles. The molecule has 16 heavy (non-hydrogen) atoms. The molecule has 96 valence electrons. The van der Waals surface area contributed by atoms with Gasteiger partial charge in [-0.15, -0.1) is 0 Å². The van der Waals surface area contributed by atoms with Gasteiger partial charge in [0.05, 0.1) is 24.7 Å². The maximum Gasteiger partial charge on any atom is 0.154 e. The Morgan fingerprint density at radius 1 is 1.56 bits per heavy atom. The third-order valence-corrected chi connectivity index (χ3v) is 4.59. The van der Waals surface area contributed by atoms with Gasteiger partial charge in [-0.1, -0.05) is 0 Å². The van der Waals surface area contributed by atoms with Crippen LogP contribution in [0.15, 0.2) is 0 Å². The van der Waals surface area contributed by atoms with Crippen LogP contribution in [0.4, 0.5) is 0 Å². The van der Waals surface area contributed by atoms with E-state index in [4.69, 9.17) is 9.47 Å². The highest BCUT2D eigenvalue weighted by atomic mass is 32.2. The van der Waals surface area contributed by atoms with E-state index in [2.05, 4.69) is 5.32 Å². The quantitative estimate of drug-likeness (QED) is 0.671. The highest BCUT2D eigenvalue weighted by Gasteiger charge is 2.28. The Bertz CT molecular complexity index is 285. The summed E-state index contributed by atoms with van der Waals surface area (Å²) in [5.74, 6) is 0.568. The predicted octanol–water partition coefficient (Wildman–Crippen LogP) is -0.328. The largest absolute Gasteiger partial charge is 0.384 e. The first-order valence-electron chi connectivity index (χ1n) is 5.53. The highest BCUT2D eigenvalue weighted by Crippen LogP contribution is 2.18. The summed E-state index contributed by atoms with van der Waals surface area (Å²) in [5, 5.41) is 3.08. The van der Waals surface area contributed by atoms with Gasteiger partial charge in [0.2, 0.25) is 0 Å². The van der Waals surface area contributed by atoms with Gasteiger partial charge >= 0.3 is 0 Å². The first-order valence-corrected chi connectivity index (χ1v) is 7.35. The molecule has 1 N–H and O–H groups in total. The molecule has 2 atom stereocenters. The van der Waals surface area contributed by atoms with Crippen molar-refractivity contribution in [2.45, 2.75) is 12.5 Å². The molecule has 0 bridgehead atoms. The Hall–Kier alpha value is -0.170. The van der Waals surface area contributed by atoms with Crippen LogP contribution >= 0.6 is 0 Å². The van der Waals surface area contributed by atoms with Gasteiger partial charge in [0.15, 0.2) is 9.84 Å². The van der Waals surface area contributed by atoms with Crippen molar-refractivity contribution in [3.63, 3.8) is 0 Å². The van der Waals surface area contributed by atoms with E-state index in [1.54, 1.807) is 7.05 Å². The molecule has 1 rings (SSSR count). The summed E-state index contributed by atoms with van der Waals surface area (Å²) in [5.41, 5.74) is 0. The van der Waals surface area contributed by atoms with Gasteiger partial charge in [-0.25, -0.2) is 8.42 Å². The van der Waals surface area contributed by atoms with E-state index in [-0.39, 0.29) is 24.2 Å². The van der Waals surface area contributed by atoms with E-state index < -0.39 is 9.84 Å². The third-order valence-electron chi connectivity index (χ3n) is 2.94. The molecule has 0 saturated carbocycles. The number of sulfone groups is 1. The lowest BCUT2D eigenvalue weighted by Gasteiger charge is -2.21. The van der Waals surface area contributed by atoms with E-state index in [1.807, 2.05) is 0 Å². The molecule has 0 aromatic carbocycles. The minimum Gasteiger partial charge on any atom is -0.384 e. The number of hydrogen-bond donors (Lipinski definition) is 1. The van der Waals surface area contributed by atoms with Crippen LogP contribution in [0, 0.1) is 5.92 Å². The molecule has 5 nitrogen and oxygen atoms in total. The van der Waals surface area contributed by atoms with Crippen molar-refractivity contribution in [2.75, 3.05) is 45.5 Å². The van der Waals surface area contributed by atoms with Crippen molar-refractivity contribution in [1.29, 1.82) is 0 Å². The van der Waals surface area contributed by atoms with Crippen molar-refractivity contribution in [3.8, 4) is 0 Å². The molecule has 6 heteroatoms. The molecule has 1 fully saturated rings. The first-order chi connectivity index (χ1) is 7.59. The molecule has 0 aromatic heterocycles. The summed E-state index contributed by atoms with van der Waals surface area (Å²) in [6.45, 7) is 1.66. The van der Waals surface area contributed by atoms with Crippen LogP contribution in [0.2, 0.25) is 0 Å². The Morgan fingerprint density at radius 3 is 2.81 bits per heavy atom. The van der Waals surface area contributed by atoms with Crippen LogP contribution in [-0.2, 0) is 19.3 Å². The molecule has 1 heterocycles. The highest BCUT2D eigenvalue weighted by molar-refractivity contribution is 7.91. The average Bonchev–Trinajstić information content (AvgIpc) is 2.76. The molecular weight excluding hydrogens is 230 g/mol. The standard InChI is InChI=1S/C10H21NO4S/c1-11-10(9-3-4-15-7-9)8-16(12,13)6-5-14-2/h9-11H,3-8H2,1-2H3. The summed E-state index contributed by atoms with van der Waals surface area (Å²) < 4.78 is 33.6. The molecular formula is C10H21NO4S. The minimum atomic E-state index is -3.04. The number of ether oxygens (including phenoxy) is 2. The van der Waals surface area contributed by atoms with Crippen LogP contribution in [0.1, 0.15) is 6.42 Å². The van der Waals surface area contributed by atoms with Gasteiger partial charge < -0.3 is 14.8 Å². The number of rotatable bonds is 7. The van der Waals surface area contributed by atoms with Crippen LogP contribution in [0.5, 0.6) is 0 Å². The molecule has 2 unspecified atom stereocenters. The maximum atomic E-state index is 11.8. The average molecular weight is 251 g/mol. The Labute approximate surface area is 97.4 Å². The second kappa shape index (κ2) is 6.54. The number of nitrogens with one attached hydrogen (secondary N) is 1. The van der Waals surface area contributed by atoms with Crippen LogP contribution in [0.25, 0.3) is 0 Å². The monoisotopic (exact) mass is 251 g/mol. The zero-order chi connectivity index (χ0) is 12.0. The van der Waals surface area contributed by atoms with Crippen LogP contribution in [-0.4, -0.2) is 59.9 Å². The van der Waals surface area contributed by atoms with Gasteiger partial charge in [0, 0.05) is 25.7 Å². The Kier molecular flexibility index (Phi) is 5.68. The SMILES string of the molecule is CNC(CS(=O)(=O)CCOC)C1CCOC1. The summed E-state index contributed by atoms with van der Waals surface area (Å²) in [7, 11) is 0.275. The van der Waals surface area contributed by atoms with Crippen LogP contribution < -0.4 is 5.32 Å². The Morgan fingerprint density at radius 2 is 2.31 bits per heavy atom. The van der Waals surface area contributed by atoms with Crippen molar-refractivity contribution < 1.29 is 17.9 Å². The lowest BCUT2D eigenvalue weighted by Crippen LogP contribution is -2.40. The van der Waals surface area contributed by atoms with E-state index >= 15 is 0 Å². The molecule has 0 spiro atoms. The van der Waals surface area contributed by atoms with Crippen LogP contribution in [0.3, 0.4) is 0 Å². The van der Waals surface area contributed by atoms with E-state index in [1.165, 1.54) is 7.11 Å². The Balaban J connectivity index is 2.48. The molecule has 0 aliphatic carbocycles. The molecule has 1 saturated heterocycles. The summed E-state index contributed by atoms with van der Waals surface area (Å²) in [4.78, 5) is 0. The minimum absolute atomic E-state index is 0.00986. The second-order valence-electron chi connectivity index (χ2n) is 4.13. The van der Waals surface area contributed by atoms with Gasteiger partial charge in [0.25, 0.3) is 0 Å². The van der Waals surface area contributed by atoms with Crippen molar-refractivity contribution in [2.24, 2.45) is 5.92 Å². The topological polar surface area (TPSA) is 64.6 Å². The van der Waals surface area contributed by atoms with Gasteiger partial charge in [-0.3, -0.25) is 0 Å². The molecule has 0 radical (unpaired) electrons. The maximum absolute atomic E-state index is 11.8. The smallest absolute Gasteiger partial charge is 0.154 e. The number of hydrogen-bond acceptors (Lipinski definition) is 5. The normalized spacial score (nSPS) is 23.5. The molecule has 0 amide bonds. The fraction of sp³-hybridized carbons (Fsp3) is 1.00. The fourth-order valence-corrected chi connectivity index (χ4v) is 3.47. The van der Waals surface area contributed by atoms with Gasteiger partial charge in [-0.2, -0.15) is 0 Å². The van der Waals surface area contributed by atoms with Crippen molar-refractivity contribution in [3.05, 3.63) is 0 Å². The fourth-order valence-electron chi connectivity index (χ4n) is 1.89. The third kappa shape index (κ3) is 4.37. The number of methoxy groups -OCH3 is 1. The lowest BCUT2D eigenvalue weighted by molar-refractivity contribution is 0.179. The van der Waals surface area contributed by atoms with E-state index in [0.29, 0.717) is 12.5 Å². The van der Waals surface area contributed by atoms with Gasteiger partial charge in [0.1, 0.15) is 0 Å². The van der Waals surface area contributed by atoms with Crippen molar-refractivity contribution in [1.82, 2.24) is 5.32 Å². The lowest BCUT2D eigenvalue weighted by atomic mass is 10.0. The second-order valence-corrected chi connectivity index (χ2v) is 6.35. The first kappa shape index (κ1) is 13.9. The summed E-state index contributed by atoms with van der Waals surface area (Å²) in [6, 6.07) is -0.00986. The van der Waals surface area contributed by atoms with Crippen molar-refractivity contribution >= 4 is 9.84 Å².